The summed E-state index contributed by atoms with van der Waals surface area (Å²) in [7, 11) is 0. The first-order valence-corrected chi connectivity index (χ1v) is 7.59. The molecule has 1 fully saturated rings. The molecule has 1 atom stereocenters. The van der Waals surface area contributed by atoms with Crippen LogP contribution < -0.4 is 5.73 Å². The number of thioether (sulfide) groups is 1. The summed E-state index contributed by atoms with van der Waals surface area (Å²) in [5.74, 6) is 1.23. The molecule has 0 spiro atoms. The maximum atomic E-state index is 6.22. The lowest BCUT2D eigenvalue weighted by Gasteiger charge is -2.38. The van der Waals surface area contributed by atoms with Gasteiger partial charge in [0.1, 0.15) is 0 Å². The fourth-order valence-electron chi connectivity index (χ4n) is 2.14. The van der Waals surface area contributed by atoms with Gasteiger partial charge < -0.3 is 5.73 Å². The first-order valence-electron chi connectivity index (χ1n) is 5.72. The van der Waals surface area contributed by atoms with E-state index in [2.05, 4.69) is 48.0 Å². The van der Waals surface area contributed by atoms with Gasteiger partial charge in [-0.1, -0.05) is 6.07 Å². The maximum absolute atomic E-state index is 6.22. The molecule has 0 aromatic carbocycles. The zero-order valence-electron chi connectivity index (χ0n) is 9.98. The highest BCUT2D eigenvalue weighted by atomic mass is 32.2. The van der Waals surface area contributed by atoms with Gasteiger partial charge >= 0.3 is 0 Å². The number of hydrogen-bond acceptors (Lipinski definition) is 4. The van der Waals surface area contributed by atoms with Crippen LogP contribution in [0.1, 0.15) is 24.8 Å². The van der Waals surface area contributed by atoms with Crippen LogP contribution in [0.3, 0.4) is 0 Å². The second kappa shape index (κ2) is 5.08. The van der Waals surface area contributed by atoms with Crippen molar-refractivity contribution in [1.29, 1.82) is 0 Å². The Balaban J connectivity index is 1.90. The van der Waals surface area contributed by atoms with Gasteiger partial charge in [-0.3, -0.25) is 4.90 Å². The van der Waals surface area contributed by atoms with Gasteiger partial charge in [0.2, 0.25) is 0 Å². The van der Waals surface area contributed by atoms with Crippen molar-refractivity contribution in [2.45, 2.75) is 24.6 Å². The molecule has 0 amide bonds. The van der Waals surface area contributed by atoms with Gasteiger partial charge in [0.25, 0.3) is 0 Å². The molecule has 2 nitrogen and oxygen atoms in total. The number of hydrogen-bond donors (Lipinski definition) is 1. The van der Waals surface area contributed by atoms with E-state index in [0.29, 0.717) is 4.75 Å². The Bertz CT molecular complexity index is 322. The van der Waals surface area contributed by atoms with Gasteiger partial charge in [0, 0.05) is 35.0 Å². The van der Waals surface area contributed by atoms with E-state index in [1.807, 2.05) is 0 Å². The minimum Gasteiger partial charge on any atom is -0.322 e. The molecule has 4 heteroatoms. The largest absolute Gasteiger partial charge is 0.322 e. The summed E-state index contributed by atoms with van der Waals surface area (Å²) in [6.45, 7) is 7.95. The summed E-state index contributed by atoms with van der Waals surface area (Å²) in [4.78, 5) is 3.80. The summed E-state index contributed by atoms with van der Waals surface area (Å²) in [5, 5.41) is 2.10. The number of rotatable bonds is 3. The summed E-state index contributed by atoms with van der Waals surface area (Å²) >= 11 is 3.83. The average molecular weight is 256 g/mol. The van der Waals surface area contributed by atoms with Gasteiger partial charge in [0.05, 0.1) is 6.04 Å². The lowest BCUT2D eigenvalue weighted by Crippen LogP contribution is -2.45. The minimum atomic E-state index is 0.180. The maximum Gasteiger partial charge on any atom is 0.0519 e. The predicted molar refractivity (Wildman–Crippen MR) is 74.2 cm³/mol. The van der Waals surface area contributed by atoms with Crippen LogP contribution in [0, 0.1) is 0 Å². The highest BCUT2D eigenvalue weighted by molar-refractivity contribution is 8.00. The molecule has 90 valence electrons. The normalized spacial score (nSPS) is 23.2. The molecule has 2 heterocycles. The molecule has 1 aromatic heterocycles. The monoisotopic (exact) mass is 256 g/mol. The zero-order chi connectivity index (χ0) is 11.6. The van der Waals surface area contributed by atoms with Crippen molar-refractivity contribution in [2.75, 3.05) is 25.4 Å². The molecule has 16 heavy (non-hydrogen) atoms. The van der Waals surface area contributed by atoms with E-state index in [-0.39, 0.29) is 6.04 Å². The Morgan fingerprint density at radius 1 is 1.56 bits per heavy atom. The van der Waals surface area contributed by atoms with Crippen LogP contribution in [0.25, 0.3) is 0 Å². The molecule has 0 bridgehead atoms. The minimum absolute atomic E-state index is 0.180. The third-order valence-corrected chi connectivity index (χ3v) is 5.17. The summed E-state index contributed by atoms with van der Waals surface area (Å²) < 4.78 is 0.382. The molecule has 0 radical (unpaired) electrons. The molecule has 1 saturated heterocycles. The van der Waals surface area contributed by atoms with Crippen molar-refractivity contribution in [2.24, 2.45) is 5.73 Å². The Labute approximate surface area is 106 Å². The van der Waals surface area contributed by atoms with E-state index in [1.165, 1.54) is 17.2 Å². The van der Waals surface area contributed by atoms with E-state index in [1.54, 1.807) is 11.3 Å². The number of thiophene rings is 1. The lowest BCUT2D eigenvalue weighted by molar-refractivity contribution is 0.247. The van der Waals surface area contributed by atoms with Crippen LogP contribution in [0.2, 0.25) is 0 Å². The van der Waals surface area contributed by atoms with E-state index < -0.39 is 0 Å². The van der Waals surface area contributed by atoms with Crippen LogP contribution in [0.5, 0.6) is 0 Å². The van der Waals surface area contributed by atoms with Crippen molar-refractivity contribution >= 4 is 23.1 Å². The van der Waals surface area contributed by atoms with Crippen molar-refractivity contribution in [3.05, 3.63) is 22.4 Å². The van der Waals surface area contributed by atoms with E-state index >= 15 is 0 Å². The number of nitrogens with zero attached hydrogens (tertiary/aromatic N) is 1. The molecule has 1 aromatic rings. The van der Waals surface area contributed by atoms with Gasteiger partial charge in [0.15, 0.2) is 0 Å². The van der Waals surface area contributed by atoms with Crippen molar-refractivity contribution in [3.63, 3.8) is 0 Å². The van der Waals surface area contributed by atoms with Crippen LogP contribution in [0.15, 0.2) is 17.5 Å². The topological polar surface area (TPSA) is 29.3 Å². The highest BCUT2D eigenvalue weighted by Crippen LogP contribution is 2.30. The van der Waals surface area contributed by atoms with E-state index in [9.17, 15) is 0 Å². The standard InChI is InChI=1S/C12H20N2S2/c1-12(2)9-14(5-7-16-12)8-10(13)11-4-3-6-15-11/h3-4,6,10H,5,7-9,13H2,1-2H3. The molecular formula is C12H20N2S2. The molecule has 1 aliphatic rings. The van der Waals surface area contributed by atoms with Crippen molar-refractivity contribution < 1.29 is 0 Å². The van der Waals surface area contributed by atoms with Gasteiger partial charge in [-0.2, -0.15) is 11.8 Å². The zero-order valence-corrected chi connectivity index (χ0v) is 11.6. The SMILES string of the molecule is CC1(C)CN(CC(N)c2cccs2)CCS1. The van der Waals surface area contributed by atoms with Crippen molar-refractivity contribution in [1.82, 2.24) is 4.90 Å². The van der Waals surface area contributed by atoms with E-state index in [0.717, 1.165) is 13.1 Å². The first kappa shape index (κ1) is 12.4. The van der Waals surface area contributed by atoms with Gasteiger partial charge in [-0.15, -0.1) is 11.3 Å². The van der Waals surface area contributed by atoms with Crippen molar-refractivity contribution in [3.8, 4) is 0 Å². The van der Waals surface area contributed by atoms with Crippen LogP contribution >= 0.6 is 23.1 Å². The summed E-state index contributed by atoms with van der Waals surface area (Å²) in [5.41, 5.74) is 6.22. The summed E-state index contributed by atoms with van der Waals surface area (Å²) in [6.07, 6.45) is 0. The second-order valence-corrected chi connectivity index (χ2v) is 7.75. The molecule has 0 saturated carbocycles. The van der Waals surface area contributed by atoms with Crippen LogP contribution in [0.4, 0.5) is 0 Å². The second-order valence-electron chi connectivity index (χ2n) is 4.97. The Morgan fingerprint density at radius 3 is 3.00 bits per heavy atom. The van der Waals surface area contributed by atoms with Gasteiger partial charge in [-0.25, -0.2) is 0 Å². The molecule has 1 aliphatic heterocycles. The Hall–Kier alpha value is -0.0300. The van der Waals surface area contributed by atoms with E-state index in [4.69, 9.17) is 5.73 Å². The van der Waals surface area contributed by atoms with Gasteiger partial charge in [-0.05, 0) is 25.3 Å². The third kappa shape index (κ3) is 3.23. The quantitative estimate of drug-likeness (QED) is 0.901. The molecule has 0 aliphatic carbocycles. The highest BCUT2D eigenvalue weighted by Gasteiger charge is 2.27. The molecule has 1 unspecified atom stereocenters. The number of nitrogens with two attached hydrogens (primary N) is 1. The fraction of sp³-hybridized carbons (Fsp3) is 0.667. The third-order valence-electron chi connectivity index (χ3n) is 2.87. The molecule has 2 N–H and O–H groups in total. The Kier molecular flexibility index (Phi) is 3.95. The molecule has 2 rings (SSSR count). The molecular weight excluding hydrogens is 236 g/mol. The fourth-order valence-corrected chi connectivity index (χ4v) is 4.04. The van der Waals surface area contributed by atoms with Crippen LogP contribution in [-0.2, 0) is 0 Å². The predicted octanol–water partition coefficient (Wildman–Crippen LogP) is 2.58. The smallest absolute Gasteiger partial charge is 0.0519 e. The Morgan fingerprint density at radius 2 is 2.38 bits per heavy atom. The lowest BCUT2D eigenvalue weighted by atomic mass is 10.1. The average Bonchev–Trinajstić information content (AvgIpc) is 2.68. The van der Waals surface area contributed by atoms with Crippen LogP contribution in [-0.4, -0.2) is 35.0 Å². The summed E-state index contributed by atoms with van der Waals surface area (Å²) in [6, 6.07) is 4.40. The first-order chi connectivity index (χ1) is 7.57.